The third-order valence-electron chi connectivity index (χ3n) is 3.43. The minimum absolute atomic E-state index is 0.197. The Morgan fingerprint density at radius 2 is 1.68 bits per heavy atom. The summed E-state index contributed by atoms with van der Waals surface area (Å²) in [5.74, 6) is -0.197. The van der Waals surface area contributed by atoms with Crippen molar-refractivity contribution in [1.29, 1.82) is 0 Å². The van der Waals surface area contributed by atoms with Gasteiger partial charge in [-0.1, -0.05) is 24.3 Å². The number of hydrogen-bond acceptors (Lipinski definition) is 3. The van der Waals surface area contributed by atoms with Crippen LogP contribution in [-0.4, -0.2) is 60.8 Å². The van der Waals surface area contributed by atoms with E-state index in [-0.39, 0.29) is 12.4 Å². The Kier molecular flexibility index (Phi) is 5.51. The van der Waals surface area contributed by atoms with E-state index in [2.05, 4.69) is 15.9 Å². The van der Waals surface area contributed by atoms with Crippen LogP contribution >= 0.6 is 0 Å². The molecule has 3 nitrogen and oxygen atoms in total. The standard InChI is InChI=1S/C15H21FN2O/c16-15-5-3-14(4-6-15)2-1-7-17-8-10-18(11-9-17)12-13-19/h1-6,19H,7-13H2. The average Bonchev–Trinajstić information content (AvgIpc) is 2.43. The molecule has 0 unspecified atom stereocenters. The second kappa shape index (κ2) is 7.38. The zero-order valence-electron chi connectivity index (χ0n) is 11.1. The monoisotopic (exact) mass is 264 g/mol. The van der Waals surface area contributed by atoms with Crippen molar-refractivity contribution in [3.05, 3.63) is 41.7 Å². The summed E-state index contributed by atoms with van der Waals surface area (Å²) < 4.78 is 12.7. The lowest BCUT2D eigenvalue weighted by Gasteiger charge is -2.33. The zero-order valence-corrected chi connectivity index (χ0v) is 11.1. The smallest absolute Gasteiger partial charge is 0.123 e. The molecular weight excluding hydrogens is 243 g/mol. The maximum atomic E-state index is 12.7. The third-order valence-corrected chi connectivity index (χ3v) is 3.43. The van der Waals surface area contributed by atoms with Crippen molar-refractivity contribution in [2.45, 2.75) is 0 Å². The number of halogens is 1. The SMILES string of the molecule is OCCN1CCN(CC=Cc2ccc(F)cc2)CC1. The molecule has 1 aromatic rings. The fourth-order valence-electron chi connectivity index (χ4n) is 2.25. The van der Waals surface area contributed by atoms with Crippen molar-refractivity contribution < 1.29 is 9.50 Å². The highest BCUT2D eigenvalue weighted by atomic mass is 19.1. The van der Waals surface area contributed by atoms with Crippen LogP contribution in [0.2, 0.25) is 0 Å². The minimum Gasteiger partial charge on any atom is -0.395 e. The molecule has 104 valence electrons. The summed E-state index contributed by atoms with van der Waals surface area (Å²) in [5.41, 5.74) is 1.03. The van der Waals surface area contributed by atoms with Crippen LogP contribution in [0.3, 0.4) is 0 Å². The summed E-state index contributed by atoms with van der Waals surface area (Å²) in [7, 11) is 0. The van der Waals surface area contributed by atoms with Gasteiger partial charge in [-0.2, -0.15) is 0 Å². The van der Waals surface area contributed by atoms with Crippen LogP contribution in [0.5, 0.6) is 0 Å². The van der Waals surface area contributed by atoms with Crippen LogP contribution in [-0.2, 0) is 0 Å². The van der Waals surface area contributed by atoms with Crippen LogP contribution in [0.25, 0.3) is 6.08 Å². The molecule has 0 aromatic heterocycles. The second-order valence-corrected chi connectivity index (χ2v) is 4.82. The van der Waals surface area contributed by atoms with Crippen molar-refractivity contribution in [3.8, 4) is 0 Å². The maximum absolute atomic E-state index is 12.7. The van der Waals surface area contributed by atoms with E-state index in [1.807, 2.05) is 6.08 Å². The van der Waals surface area contributed by atoms with Crippen LogP contribution in [0, 0.1) is 5.82 Å². The summed E-state index contributed by atoms with van der Waals surface area (Å²) in [6.45, 7) is 6.05. The van der Waals surface area contributed by atoms with Gasteiger partial charge in [0.05, 0.1) is 6.61 Å². The summed E-state index contributed by atoms with van der Waals surface area (Å²) >= 11 is 0. The molecule has 0 saturated carbocycles. The van der Waals surface area contributed by atoms with Crippen LogP contribution < -0.4 is 0 Å². The van der Waals surface area contributed by atoms with Gasteiger partial charge in [0, 0.05) is 39.3 Å². The predicted octanol–water partition coefficient (Wildman–Crippen LogP) is 1.45. The molecular formula is C15H21FN2O. The van der Waals surface area contributed by atoms with Crippen molar-refractivity contribution in [2.24, 2.45) is 0 Å². The van der Waals surface area contributed by atoms with E-state index in [1.165, 1.54) is 12.1 Å². The molecule has 1 saturated heterocycles. The lowest BCUT2D eigenvalue weighted by molar-refractivity contribution is 0.120. The molecule has 0 spiro atoms. The molecule has 1 aromatic carbocycles. The number of aliphatic hydroxyl groups excluding tert-OH is 1. The number of benzene rings is 1. The lowest BCUT2D eigenvalue weighted by Crippen LogP contribution is -2.47. The lowest BCUT2D eigenvalue weighted by atomic mass is 10.2. The van der Waals surface area contributed by atoms with Crippen LogP contribution in [0.15, 0.2) is 30.3 Å². The van der Waals surface area contributed by atoms with E-state index in [4.69, 9.17) is 5.11 Å². The van der Waals surface area contributed by atoms with Crippen molar-refractivity contribution in [3.63, 3.8) is 0 Å². The molecule has 0 bridgehead atoms. The number of β-amino-alcohol motifs (C(OH)–C–C–N with tert-alkyl or cyclic N) is 1. The molecule has 19 heavy (non-hydrogen) atoms. The van der Waals surface area contributed by atoms with E-state index >= 15 is 0 Å². The average molecular weight is 264 g/mol. The summed E-state index contributed by atoms with van der Waals surface area (Å²) in [5, 5.41) is 8.88. The number of nitrogens with zero attached hydrogens (tertiary/aromatic N) is 2. The molecule has 0 atom stereocenters. The van der Waals surface area contributed by atoms with E-state index in [9.17, 15) is 4.39 Å². The van der Waals surface area contributed by atoms with Gasteiger partial charge in [-0.05, 0) is 17.7 Å². The largest absolute Gasteiger partial charge is 0.395 e. The Balaban J connectivity index is 1.73. The first-order valence-electron chi connectivity index (χ1n) is 6.75. The van der Waals surface area contributed by atoms with Crippen molar-refractivity contribution in [2.75, 3.05) is 45.9 Å². The highest BCUT2D eigenvalue weighted by Gasteiger charge is 2.14. The van der Waals surface area contributed by atoms with Gasteiger partial charge >= 0.3 is 0 Å². The number of hydrogen-bond donors (Lipinski definition) is 1. The first-order valence-corrected chi connectivity index (χ1v) is 6.75. The normalized spacial score (nSPS) is 18.2. The Bertz CT molecular complexity index is 397. The zero-order chi connectivity index (χ0) is 13.5. The van der Waals surface area contributed by atoms with E-state index in [0.717, 1.165) is 44.8 Å². The molecule has 1 fully saturated rings. The van der Waals surface area contributed by atoms with Gasteiger partial charge in [0.2, 0.25) is 0 Å². The summed E-state index contributed by atoms with van der Waals surface area (Å²) in [6, 6.07) is 6.52. The van der Waals surface area contributed by atoms with Gasteiger partial charge in [0.15, 0.2) is 0 Å². The van der Waals surface area contributed by atoms with E-state index < -0.39 is 0 Å². The van der Waals surface area contributed by atoms with E-state index in [0.29, 0.717) is 0 Å². The second-order valence-electron chi connectivity index (χ2n) is 4.82. The summed E-state index contributed by atoms with van der Waals surface area (Å²) in [4.78, 5) is 4.66. The summed E-state index contributed by atoms with van der Waals surface area (Å²) in [6.07, 6.45) is 4.15. The van der Waals surface area contributed by atoms with Gasteiger partial charge in [-0.3, -0.25) is 9.80 Å². The molecule has 2 rings (SSSR count). The Morgan fingerprint density at radius 3 is 2.32 bits per heavy atom. The number of rotatable bonds is 5. The first kappa shape index (κ1) is 14.2. The molecule has 0 amide bonds. The highest BCUT2D eigenvalue weighted by molar-refractivity contribution is 5.48. The number of aliphatic hydroxyl groups is 1. The maximum Gasteiger partial charge on any atom is 0.123 e. The highest BCUT2D eigenvalue weighted by Crippen LogP contribution is 2.06. The molecule has 1 aliphatic heterocycles. The molecule has 1 N–H and O–H groups in total. The topological polar surface area (TPSA) is 26.7 Å². The third kappa shape index (κ3) is 4.74. The molecule has 1 heterocycles. The molecule has 4 heteroatoms. The fourth-order valence-corrected chi connectivity index (χ4v) is 2.25. The fraction of sp³-hybridized carbons (Fsp3) is 0.467. The van der Waals surface area contributed by atoms with Gasteiger partial charge in [-0.25, -0.2) is 4.39 Å². The van der Waals surface area contributed by atoms with Crippen LogP contribution in [0.1, 0.15) is 5.56 Å². The van der Waals surface area contributed by atoms with Crippen molar-refractivity contribution in [1.82, 2.24) is 9.80 Å². The van der Waals surface area contributed by atoms with E-state index in [1.54, 1.807) is 12.1 Å². The van der Waals surface area contributed by atoms with Gasteiger partial charge in [0.1, 0.15) is 5.82 Å². The molecule has 0 aliphatic carbocycles. The Labute approximate surface area is 113 Å². The quantitative estimate of drug-likeness (QED) is 0.872. The predicted molar refractivity (Wildman–Crippen MR) is 75.4 cm³/mol. The van der Waals surface area contributed by atoms with Crippen LogP contribution in [0.4, 0.5) is 4.39 Å². The Morgan fingerprint density at radius 1 is 1.05 bits per heavy atom. The molecule has 0 radical (unpaired) electrons. The van der Waals surface area contributed by atoms with Gasteiger partial charge < -0.3 is 5.11 Å². The van der Waals surface area contributed by atoms with Gasteiger partial charge in [-0.15, -0.1) is 0 Å². The van der Waals surface area contributed by atoms with Crippen molar-refractivity contribution >= 4 is 6.08 Å². The number of piperazine rings is 1. The minimum atomic E-state index is -0.197. The Hall–Kier alpha value is -1.23. The van der Waals surface area contributed by atoms with Gasteiger partial charge in [0.25, 0.3) is 0 Å². The molecule has 1 aliphatic rings. The first-order chi connectivity index (χ1) is 9.28.